The van der Waals surface area contributed by atoms with E-state index in [1.807, 2.05) is 23.1 Å². The Bertz CT molecular complexity index is 643. The Morgan fingerprint density at radius 1 is 1.32 bits per heavy atom. The van der Waals surface area contributed by atoms with Crippen LogP contribution in [0.25, 0.3) is 0 Å². The van der Waals surface area contributed by atoms with E-state index >= 15 is 0 Å². The van der Waals surface area contributed by atoms with Crippen molar-refractivity contribution in [3.8, 4) is 0 Å². The Morgan fingerprint density at radius 2 is 2.16 bits per heavy atom. The lowest BCUT2D eigenvalue weighted by Gasteiger charge is -2.12. The standard InChI is InChI=1S/C18H27N5S.HI/c1-4-19-18(20-9-5-11-23-12-6-10-22-23)21-14-16-8-7-15(2)13-17(16)24-3;/h6-8,10,12-13H,4-5,9,11,14H2,1-3H3,(H2,19,20,21);1H. The second-order valence-electron chi connectivity index (χ2n) is 5.56. The van der Waals surface area contributed by atoms with Crippen molar-refractivity contribution >= 4 is 41.7 Å². The first-order chi connectivity index (χ1) is 11.7. The smallest absolute Gasteiger partial charge is 0.191 e. The summed E-state index contributed by atoms with van der Waals surface area (Å²) < 4.78 is 1.95. The molecule has 25 heavy (non-hydrogen) atoms. The summed E-state index contributed by atoms with van der Waals surface area (Å²) in [4.78, 5) is 6.01. The third kappa shape index (κ3) is 7.68. The molecule has 0 saturated heterocycles. The second kappa shape index (κ2) is 12.2. The molecule has 0 unspecified atom stereocenters. The molecule has 0 fully saturated rings. The molecular weight excluding hydrogens is 445 g/mol. The van der Waals surface area contributed by atoms with Crippen LogP contribution in [0.3, 0.4) is 0 Å². The van der Waals surface area contributed by atoms with Gasteiger partial charge in [-0.3, -0.25) is 4.68 Å². The van der Waals surface area contributed by atoms with Crippen molar-refractivity contribution in [1.82, 2.24) is 20.4 Å². The predicted molar refractivity (Wildman–Crippen MR) is 118 cm³/mol. The first-order valence-corrected chi connectivity index (χ1v) is 9.58. The number of hydrogen-bond acceptors (Lipinski definition) is 3. The van der Waals surface area contributed by atoms with Crippen LogP contribution < -0.4 is 10.6 Å². The van der Waals surface area contributed by atoms with Crippen LogP contribution in [0.15, 0.2) is 46.5 Å². The van der Waals surface area contributed by atoms with E-state index in [0.717, 1.165) is 32.0 Å². The predicted octanol–water partition coefficient (Wildman–Crippen LogP) is 3.68. The number of aryl methyl sites for hydroxylation is 2. The minimum absolute atomic E-state index is 0. The van der Waals surface area contributed by atoms with Gasteiger partial charge in [-0.05, 0) is 49.8 Å². The van der Waals surface area contributed by atoms with Gasteiger partial charge < -0.3 is 10.6 Å². The third-order valence-electron chi connectivity index (χ3n) is 3.61. The topological polar surface area (TPSA) is 54.2 Å². The largest absolute Gasteiger partial charge is 0.357 e. The van der Waals surface area contributed by atoms with Crippen molar-refractivity contribution in [3.05, 3.63) is 47.8 Å². The van der Waals surface area contributed by atoms with Gasteiger partial charge >= 0.3 is 0 Å². The lowest BCUT2D eigenvalue weighted by atomic mass is 10.1. The monoisotopic (exact) mass is 473 g/mol. The van der Waals surface area contributed by atoms with Gasteiger partial charge in [-0.1, -0.05) is 12.1 Å². The van der Waals surface area contributed by atoms with E-state index in [-0.39, 0.29) is 24.0 Å². The number of nitrogens with zero attached hydrogens (tertiary/aromatic N) is 3. The number of aromatic nitrogens is 2. The van der Waals surface area contributed by atoms with E-state index in [0.29, 0.717) is 6.54 Å². The van der Waals surface area contributed by atoms with Crippen LogP contribution in [-0.4, -0.2) is 35.1 Å². The first-order valence-electron chi connectivity index (χ1n) is 8.36. The van der Waals surface area contributed by atoms with Gasteiger partial charge in [-0.25, -0.2) is 4.99 Å². The van der Waals surface area contributed by atoms with Gasteiger partial charge in [-0.2, -0.15) is 5.10 Å². The summed E-state index contributed by atoms with van der Waals surface area (Å²) in [5.74, 6) is 0.866. The molecule has 1 heterocycles. The number of hydrogen-bond donors (Lipinski definition) is 2. The number of thioether (sulfide) groups is 1. The van der Waals surface area contributed by atoms with E-state index < -0.39 is 0 Å². The fourth-order valence-corrected chi connectivity index (χ4v) is 3.07. The highest BCUT2D eigenvalue weighted by molar-refractivity contribution is 14.0. The molecular formula is C18H28IN5S. The first kappa shape index (κ1) is 21.8. The molecule has 0 atom stereocenters. The zero-order valence-corrected chi connectivity index (χ0v) is 18.3. The summed E-state index contributed by atoms with van der Waals surface area (Å²) in [6, 6.07) is 8.49. The minimum atomic E-state index is 0. The molecule has 138 valence electrons. The summed E-state index contributed by atoms with van der Waals surface area (Å²) >= 11 is 1.77. The summed E-state index contributed by atoms with van der Waals surface area (Å²) in [7, 11) is 0. The average Bonchev–Trinajstić information content (AvgIpc) is 3.10. The molecule has 2 N–H and O–H groups in total. The van der Waals surface area contributed by atoms with Gasteiger partial charge in [0.1, 0.15) is 0 Å². The quantitative estimate of drug-likeness (QED) is 0.202. The van der Waals surface area contributed by atoms with Crippen molar-refractivity contribution in [2.75, 3.05) is 19.3 Å². The molecule has 0 spiro atoms. The highest BCUT2D eigenvalue weighted by atomic mass is 127. The summed E-state index contributed by atoms with van der Waals surface area (Å²) in [6.45, 7) is 7.53. The Kier molecular flexibility index (Phi) is 10.6. The Labute approximate surface area is 172 Å². The zero-order chi connectivity index (χ0) is 17.2. The van der Waals surface area contributed by atoms with E-state index in [2.05, 4.69) is 54.0 Å². The van der Waals surface area contributed by atoms with Crippen LogP contribution in [0.5, 0.6) is 0 Å². The van der Waals surface area contributed by atoms with Gasteiger partial charge in [0.2, 0.25) is 0 Å². The highest BCUT2D eigenvalue weighted by Crippen LogP contribution is 2.22. The van der Waals surface area contributed by atoms with Crippen LogP contribution in [-0.2, 0) is 13.1 Å². The average molecular weight is 473 g/mol. The van der Waals surface area contributed by atoms with Gasteiger partial charge in [0.05, 0.1) is 6.54 Å². The fraction of sp³-hybridized carbons (Fsp3) is 0.444. The van der Waals surface area contributed by atoms with Crippen molar-refractivity contribution in [2.24, 2.45) is 4.99 Å². The Morgan fingerprint density at radius 3 is 2.84 bits per heavy atom. The summed E-state index contributed by atoms with van der Waals surface area (Å²) in [5, 5.41) is 10.9. The molecule has 7 heteroatoms. The number of nitrogens with one attached hydrogen (secondary N) is 2. The number of halogens is 1. The van der Waals surface area contributed by atoms with E-state index in [9.17, 15) is 0 Å². The lowest BCUT2D eigenvalue weighted by Crippen LogP contribution is -2.38. The molecule has 2 aromatic rings. The van der Waals surface area contributed by atoms with Gasteiger partial charge in [0.15, 0.2) is 5.96 Å². The molecule has 1 aromatic heterocycles. The molecule has 0 bridgehead atoms. The minimum Gasteiger partial charge on any atom is -0.357 e. The maximum absolute atomic E-state index is 4.72. The number of benzene rings is 1. The zero-order valence-electron chi connectivity index (χ0n) is 15.2. The van der Waals surface area contributed by atoms with Crippen LogP contribution in [0, 0.1) is 6.92 Å². The molecule has 0 aliphatic heterocycles. The van der Waals surface area contributed by atoms with Crippen LogP contribution >= 0.6 is 35.7 Å². The van der Waals surface area contributed by atoms with Gasteiger partial charge in [-0.15, -0.1) is 35.7 Å². The second-order valence-corrected chi connectivity index (χ2v) is 6.41. The molecule has 5 nitrogen and oxygen atoms in total. The van der Waals surface area contributed by atoms with E-state index in [4.69, 9.17) is 4.99 Å². The van der Waals surface area contributed by atoms with Crippen molar-refractivity contribution in [2.45, 2.75) is 38.3 Å². The number of aliphatic imine (C=N–C) groups is 1. The molecule has 0 aliphatic rings. The van der Waals surface area contributed by atoms with Crippen molar-refractivity contribution in [3.63, 3.8) is 0 Å². The van der Waals surface area contributed by atoms with Crippen LogP contribution in [0.2, 0.25) is 0 Å². The SMILES string of the molecule is CCNC(=NCc1ccc(C)cc1SC)NCCCn1cccn1.I. The molecule has 2 rings (SSSR count). The lowest BCUT2D eigenvalue weighted by molar-refractivity contribution is 0.570. The fourth-order valence-electron chi connectivity index (χ4n) is 2.37. The maximum atomic E-state index is 4.72. The van der Waals surface area contributed by atoms with Crippen LogP contribution in [0.1, 0.15) is 24.5 Å². The third-order valence-corrected chi connectivity index (χ3v) is 4.43. The Balaban J connectivity index is 0.00000312. The molecule has 0 aliphatic carbocycles. The van der Waals surface area contributed by atoms with E-state index in [1.54, 1.807) is 11.8 Å². The summed E-state index contributed by atoms with van der Waals surface area (Å²) in [5.41, 5.74) is 2.55. The van der Waals surface area contributed by atoms with E-state index in [1.165, 1.54) is 16.0 Å². The summed E-state index contributed by atoms with van der Waals surface area (Å²) in [6.07, 6.45) is 6.91. The van der Waals surface area contributed by atoms with Gasteiger partial charge in [0, 0.05) is 36.9 Å². The maximum Gasteiger partial charge on any atom is 0.191 e. The van der Waals surface area contributed by atoms with Gasteiger partial charge in [0.25, 0.3) is 0 Å². The number of rotatable bonds is 8. The molecule has 0 saturated carbocycles. The highest BCUT2D eigenvalue weighted by Gasteiger charge is 2.03. The van der Waals surface area contributed by atoms with Crippen LogP contribution in [0.4, 0.5) is 0 Å². The molecule has 0 radical (unpaired) electrons. The Hall–Kier alpha value is -1.22. The normalized spacial score (nSPS) is 11.1. The number of guanidine groups is 1. The molecule has 1 aromatic carbocycles. The molecule has 0 amide bonds. The van der Waals surface area contributed by atoms with Crippen molar-refractivity contribution < 1.29 is 0 Å². The van der Waals surface area contributed by atoms with Crippen molar-refractivity contribution in [1.29, 1.82) is 0 Å².